The molecule has 6 amide bonds. The summed E-state index contributed by atoms with van der Waals surface area (Å²) < 4.78 is 0. The van der Waals surface area contributed by atoms with Crippen molar-refractivity contribution in [1.29, 1.82) is 0 Å². The highest BCUT2D eigenvalue weighted by Crippen LogP contribution is 2.34. The standard InChI is InChI=1S/C25H22N4O6S2/c1-15-5-4-6-16(13-15)26(9-10-27-19(30)14-36-24(27)34)23-22(33)29(25(35)37-23)12-11-28-20(31)17-7-2-3-8-18(17)21(28)32/h2-8,13,23H,9-12,14H2,1H3/t23-/m0/s1. The topological polar surface area (TPSA) is 115 Å². The van der Waals surface area contributed by atoms with Crippen molar-refractivity contribution < 1.29 is 28.8 Å². The molecule has 1 atom stereocenters. The van der Waals surface area contributed by atoms with Crippen LogP contribution < -0.4 is 4.90 Å². The third-order valence-corrected chi connectivity index (χ3v) is 8.32. The molecule has 0 radical (unpaired) electrons. The first-order valence-corrected chi connectivity index (χ1v) is 13.4. The lowest BCUT2D eigenvalue weighted by molar-refractivity contribution is -0.126. The van der Waals surface area contributed by atoms with E-state index in [-0.39, 0.29) is 43.1 Å². The van der Waals surface area contributed by atoms with Gasteiger partial charge in [0.25, 0.3) is 28.2 Å². The Balaban J connectivity index is 1.32. The fourth-order valence-corrected chi connectivity index (χ4v) is 6.30. The van der Waals surface area contributed by atoms with E-state index in [0.29, 0.717) is 16.8 Å². The van der Waals surface area contributed by atoms with Gasteiger partial charge in [-0.05, 0) is 48.5 Å². The largest absolute Gasteiger partial charge is 0.349 e. The Kier molecular flexibility index (Phi) is 6.78. The molecule has 5 rings (SSSR count). The van der Waals surface area contributed by atoms with Crippen LogP contribution in [0.1, 0.15) is 26.3 Å². The molecule has 0 spiro atoms. The lowest BCUT2D eigenvalue weighted by Gasteiger charge is -2.30. The summed E-state index contributed by atoms with van der Waals surface area (Å²) in [4.78, 5) is 80.8. The highest BCUT2D eigenvalue weighted by atomic mass is 32.2. The van der Waals surface area contributed by atoms with Crippen molar-refractivity contribution in [2.45, 2.75) is 12.3 Å². The molecule has 3 aliphatic heterocycles. The van der Waals surface area contributed by atoms with E-state index >= 15 is 0 Å². The third-order valence-electron chi connectivity index (χ3n) is 6.36. The molecule has 2 aromatic carbocycles. The van der Waals surface area contributed by atoms with Gasteiger partial charge in [-0.1, -0.05) is 36.0 Å². The summed E-state index contributed by atoms with van der Waals surface area (Å²) in [5.74, 6) is -1.60. The van der Waals surface area contributed by atoms with Crippen molar-refractivity contribution in [3.63, 3.8) is 0 Å². The summed E-state index contributed by atoms with van der Waals surface area (Å²) in [5.41, 5.74) is 2.21. The zero-order chi connectivity index (χ0) is 26.3. The van der Waals surface area contributed by atoms with Gasteiger partial charge in [-0.2, -0.15) is 0 Å². The Morgan fingerprint density at radius 1 is 0.811 bits per heavy atom. The number of thioether (sulfide) groups is 2. The maximum atomic E-state index is 13.4. The number of aryl methyl sites for hydroxylation is 1. The SMILES string of the molecule is Cc1cccc(N(CCN2C(=O)CSC2=O)[C@H]2SC(=O)N(CCN3C(=O)c4ccccc4C3=O)C2=O)c1. The van der Waals surface area contributed by atoms with E-state index in [1.165, 1.54) is 0 Å². The van der Waals surface area contributed by atoms with Crippen LogP contribution in [0.4, 0.5) is 15.3 Å². The van der Waals surface area contributed by atoms with Gasteiger partial charge in [-0.25, -0.2) is 0 Å². The fraction of sp³-hybridized carbons (Fsp3) is 0.280. The summed E-state index contributed by atoms with van der Waals surface area (Å²) in [6.45, 7) is 1.88. The average molecular weight is 539 g/mol. The molecule has 10 nitrogen and oxygen atoms in total. The molecular formula is C25H22N4O6S2. The predicted molar refractivity (Wildman–Crippen MR) is 138 cm³/mol. The Bertz CT molecular complexity index is 1300. The fourth-order valence-electron chi connectivity index (χ4n) is 4.47. The van der Waals surface area contributed by atoms with Crippen LogP contribution in [-0.4, -0.2) is 86.1 Å². The lowest BCUT2D eigenvalue weighted by atomic mass is 10.1. The number of benzene rings is 2. The van der Waals surface area contributed by atoms with Gasteiger partial charge in [0.2, 0.25) is 5.91 Å². The van der Waals surface area contributed by atoms with Crippen molar-refractivity contribution >= 4 is 63.3 Å². The molecule has 0 saturated carbocycles. The van der Waals surface area contributed by atoms with Crippen LogP contribution in [0.5, 0.6) is 0 Å². The molecule has 0 aromatic heterocycles. The molecule has 0 bridgehead atoms. The van der Waals surface area contributed by atoms with Crippen LogP contribution in [0.25, 0.3) is 0 Å². The van der Waals surface area contributed by atoms with Crippen molar-refractivity contribution in [1.82, 2.24) is 14.7 Å². The van der Waals surface area contributed by atoms with E-state index in [2.05, 4.69) is 0 Å². The molecule has 2 aromatic rings. The van der Waals surface area contributed by atoms with Crippen LogP contribution in [0.15, 0.2) is 48.5 Å². The summed E-state index contributed by atoms with van der Waals surface area (Å²) in [5, 5.41) is -1.75. The summed E-state index contributed by atoms with van der Waals surface area (Å²) in [6, 6.07) is 13.9. The zero-order valence-corrected chi connectivity index (χ0v) is 21.4. The Labute approximate surface area is 220 Å². The maximum Gasteiger partial charge on any atom is 0.290 e. The second-order valence-electron chi connectivity index (χ2n) is 8.67. The Morgan fingerprint density at radius 2 is 1.49 bits per heavy atom. The minimum Gasteiger partial charge on any atom is -0.349 e. The van der Waals surface area contributed by atoms with E-state index in [1.807, 2.05) is 25.1 Å². The molecule has 3 heterocycles. The normalized spacial score (nSPS) is 19.5. The molecule has 2 fully saturated rings. The molecular weight excluding hydrogens is 516 g/mol. The van der Waals surface area contributed by atoms with Crippen LogP contribution >= 0.6 is 23.5 Å². The second kappa shape index (κ2) is 10.0. The maximum absolute atomic E-state index is 13.4. The first-order valence-electron chi connectivity index (χ1n) is 11.5. The number of imide groups is 3. The Hall–Kier alpha value is -3.64. The van der Waals surface area contributed by atoms with Crippen molar-refractivity contribution in [3.8, 4) is 0 Å². The number of carbonyl (C=O) groups is 6. The third kappa shape index (κ3) is 4.62. The summed E-state index contributed by atoms with van der Waals surface area (Å²) >= 11 is 1.76. The minimum absolute atomic E-state index is 0.0756. The number of amides is 6. The quantitative estimate of drug-likeness (QED) is 0.468. The first kappa shape index (κ1) is 25.0. The highest BCUT2D eigenvalue weighted by molar-refractivity contribution is 8.15. The number of hydrogen-bond acceptors (Lipinski definition) is 9. The van der Waals surface area contributed by atoms with E-state index < -0.39 is 28.3 Å². The van der Waals surface area contributed by atoms with Gasteiger partial charge < -0.3 is 4.90 Å². The molecule has 0 N–H and O–H groups in total. The average Bonchev–Trinajstić information content (AvgIpc) is 3.44. The van der Waals surface area contributed by atoms with Crippen LogP contribution in [-0.2, 0) is 9.59 Å². The van der Waals surface area contributed by atoms with Gasteiger partial charge in [0.05, 0.1) is 16.9 Å². The smallest absolute Gasteiger partial charge is 0.290 e. The molecule has 37 heavy (non-hydrogen) atoms. The second-order valence-corrected chi connectivity index (χ2v) is 10.6. The van der Waals surface area contributed by atoms with Crippen LogP contribution in [0.2, 0.25) is 0 Å². The van der Waals surface area contributed by atoms with E-state index in [4.69, 9.17) is 0 Å². The van der Waals surface area contributed by atoms with E-state index in [9.17, 15) is 28.8 Å². The molecule has 190 valence electrons. The van der Waals surface area contributed by atoms with Crippen molar-refractivity contribution in [2.75, 3.05) is 36.8 Å². The number of carbonyl (C=O) groups excluding carboxylic acids is 6. The van der Waals surface area contributed by atoms with Gasteiger partial charge in [-0.15, -0.1) is 0 Å². The van der Waals surface area contributed by atoms with Crippen molar-refractivity contribution in [3.05, 3.63) is 65.2 Å². The van der Waals surface area contributed by atoms with Gasteiger partial charge in [0, 0.05) is 31.9 Å². The van der Waals surface area contributed by atoms with Gasteiger partial charge in [-0.3, -0.25) is 43.5 Å². The van der Waals surface area contributed by atoms with Crippen LogP contribution in [0.3, 0.4) is 0 Å². The number of anilines is 1. The summed E-state index contributed by atoms with van der Waals surface area (Å²) in [7, 11) is 0. The van der Waals surface area contributed by atoms with Gasteiger partial charge in [0.1, 0.15) is 0 Å². The van der Waals surface area contributed by atoms with E-state index in [0.717, 1.165) is 43.8 Å². The first-order chi connectivity index (χ1) is 17.8. The zero-order valence-electron chi connectivity index (χ0n) is 19.8. The van der Waals surface area contributed by atoms with Crippen molar-refractivity contribution in [2.24, 2.45) is 0 Å². The number of nitrogens with zero attached hydrogens (tertiary/aromatic N) is 4. The van der Waals surface area contributed by atoms with Crippen LogP contribution in [0, 0.1) is 6.92 Å². The predicted octanol–water partition coefficient (Wildman–Crippen LogP) is 2.81. The lowest BCUT2D eigenvalue weighted by Crippen LogP contribution is -2.47. The summed E-state index contributed by atoms with van der Waals surface area (Å²) in [6.07, 6.45) is 0. The number of hydrogen-bond donors (Lipinski definition) is 0. The number of fused-ring (bicyclic) bond motifs is 1. The van der Waals surface area contributed by atoms with Gasteiger partial charge in [0.15, 0.2) is 5.37 Å². The van der Waals surface area contributed by atoms with Gasteiger partial charge >= 0.3 is 0 Å². The Morgan fingerprint density at radius 3 is 2.11 bits per heavy atom. The monoisotopic (exact) mass is 538 g/mol. The van der Waals surface area contributed by atoms with E-state index in [1.54, 1.807) is 35.2 Å². The molecule has 0 aliphatic carbocycles. The molecule has 2 saturated heterocycles. The molecule has 3 aliphatic rings. The molecule has 12 heteroatoms. The minimum atomic E-state index is -0.920. The highest BCUT2D eigenvalue weighted by Gasteiger charge is 2.45. The molecule has 0 unspecified atom stereocenters. The number of rotatable bonds is 8.